The van der Waals surface area contributed by atoms with Crippen LogP contribution in [-0.4, -0.2) is 11.2 Å². The van der Waals surface area contributed by atoms with Crippen LogP contribution in [0.5, 0.6) is 0 Å². The topological polar surface area (TPSA) is 20.2 Å². The number of benzene rings is 1. The lowest BCUT2D eigenvalue weighted by Gasteiger charge is -2.26. The van der Waals surface area contributed by atoms with E-state index >= 15 is 0 Å². The predicted molar refractivity (Wildman–Crippen MR) is 58.4 cm³/mol. The zero-order valence-electron chi connectivity index (χ0n) is 8.74. The molecule has 0 amide bonds. The summed E-state index contributed by atoms with van der Waals surface area (Å²) >= 11 is 0. The summed E-state index contributed by atoms with van der Waals surface area (Å²) in [6.07, 6.45) is 4.26. The van der Waals surface area contributed by atoms with E-state index in [0.29, 0.717) is 5.92 Å². The molecular formula is C13H18O. The molecule has 1 N–H and O–H groups in total. The molecule has 1 saturated carbocycles. The molecule has 1 aliphatic rings. The van der Waals surface area contributed by atoms with Gasteiger partial charge in [-0.1, -0.05) is 36.2 Å². The van der Waals surface area contributed by atoms with Crippen molar-refractivity contribution in [1.82, 2.24) is 0 Å². The van der Waals surface area contributed by atoms with Gasteiger partial charge < -0.3 is 5.11 Å². The Hall–Kier alpha value is -0.820. The van der Waals surface area contributed by atoms with Gasteiger partial charge in [0.1, 0.15) is 0 Å². The van der Waals surface area contributed by atoms with Crippen molar-refractivity contribution in [2.24, 2.45) is 0 Å². The summed E-state index contributed by atoms with van der Waals surface area (Å²) in [5, 5.41) is 9.60. The molecule has 0 aromatic heterocycles. The molecule has 1 aliphatic carbocycles. The molecule has 76 valence electrons. The van der Waals surface area contributed by atoms with Gasteiger partial charge in [-0.05, 0) is 37.7 Å². The van der Waals surface area contributed by atoms with E-state index in [1.165, 1.54) is 24.0 Å². The summed E-state index contributed by atoms with van der Waals surface area (Å²) in [6.45, 7) is 2.11. The fraction of sp³-hybridized carbons (Fsp3) is 0.538. The Kier molecular flexibility index (Phi) is 2.87. The molecule has 0 saturated heterocycles. The molecule has 1 heteroatoms. The Morgan fingerprint density at radius 1 is 1.14 bits per heavy atom. The highest BCUT2D eigenvalue weighted by Gasteiger charge is 2.21. The van der Waals surface area contributed by atoms with E-state index in [0.717, 1.165) is 12.8 Å². The van der Waals surface area contributed by atoms with Gasteiger partial charge in [-0.3, -0.25) is 0 Å². The van der Waals surface area contributed by atoms with Crippen LogP contribution in [0.4, 0.5) is 0 Å². The minimum Gasteiger partial charge on any atom is -0.393 e. The third-order valence-electron chi connectivity index (χ3n) is 3.20. The van der Waals surface area contributed by atoms with Crippen molar-refractivity contribution in [3.05, 3.63) is 35.4 Å². The molecule has 2 rings (SSSR count). The van der Waals surface area contributed by atoms with Crippen LogP contribution in [0.2, 0.25) is 0 Å². The molecule has 1 aromatic carbocycles. The van der Waals surface area contributed by atoms with Crippen molar-refractivity contribution in [2.75, 3.05) is 0 Å². The predicted octanol–water partition coefficient (Wildman–Crippen LogP) is 3.01. The molecule has 0 heterocycles. The second-order valence-corrected chi connectivity index (χ2v) is 4.43. The fourth-order valence-electron chi connectivity index (χ4n) is 2.31. The number of hydrogen-bond donors (Lipinski definition) is 1. The van der Waals surface area contributed by atoms with Gasteiger partial charge in [0.05, 0.1) is 6.10 Å². The number of aryl methyl sites for hydroxylation is 1. The van der Waals surface area contributed by atoms with Gasteiger partial charge in [0.15, 0.2) is 0 Å². The van der Waals surface area contributed by atoms with Gasteiger partial charge >= 0.3 is 0 Å². The van der Waals surface area contributed by atoms with E-state index in [-0.39, 0.29) is 6.10 Å². The van der Waals surface area contributed by atoms with Crippen molar-refractivity contribution in [2.45, 2.75) is 44.6 Å². The second kappa shape index (κ2) is 4.14. The third-order valence-corrected chi connectivity index (χ3v) is 3.20. The molecule has 1 fully saturated rings. The van der Waals surface area contributed by atoms with Gasteiger partial charge in [0.25, 0.3) is 0 Å². The Labute approximate surface area is 85.8 Å². The van der Waals surface area contributed by atoms with Crippen molar-refractivity contribution >= 4 is 0 Å². The van der Waals surface area contributed by atoms with Crippen LogP contribution in [0, 0.1) is 6.92 Å². The van der Waals surface area contributed by atoms with Crippen LogP contribution in [0.1, 0.15) is 42.7 Å². The summed E-state index contributed by atoms with van der Waals surface area (Å²) in [5.41, 5.74) is 2.71. The van der Waals surface area contributed by atoms with E-state index < -0.39 is 0 Å². The number of hydrogen-bond acceptors (Lipinski definition) is 1. The number of aliphatic hydroxyl groups excluding tert-OH is 1. The maximum Gasteiger partial charge on any atom is 0.0546 e. The molecule has 0 aliphatic heterocycles. The maximum atomic E-state index is 9.60. The van der Waals surface area contributed by atoms with Gasteiger partial charge in [0.2, 0.25) is 0 Å². The zero-order chi connectivity index (χ0) is 9.97. The van der Waals surface area contributed by atoms with E-state index in [1.54, 1.807) is 0 Å². The largest absolute Gasteiger partial charge is 0.393 e. The highest BCUT2D eigenvalue weighted by atomic mass is 16.3. The first-order valence-electron chi connectivity index (χ1n) is 5.50. The SMILES string of the molecule is Cc1ccc([C@H]2CCC[C@H](O)C2)cc1. The van der Waals surface area contributed by atoms with Crippen molar-refractivity contribution in [1.29, 1.82) is 0 Å². The van der Waals surface area contributed by atoms with Crippen LogP contribution in [0.25, 0.3) is 0 Å². The minimum atomic E-state index is -0.0740. The summed E-state index contributed by atoms with van der Waals surface area (Å²) in [5.74, 6) is 0.583. The minimum absolute atomic E-state index is 0.0740. The first-order valence-corrected chi connectivity index (χ1v) is 5.50. The normalized spacial score (nSPS) is 27.6. The standard InChI is InChI=1S/C13H18O/c1-10-5-7-11(8-6-10)12-3-2-4-13(14)9-12/h5-8,12-14H,2-4,9H2,1H3/t12-,13-/m0/s1. The Balaban J connectivity index is 2.10. The second-order valence-electron chi connectivity index (χ2n) is 4.43. The molecular weight excluding hydrogens is 172 g/mol. The van der Waals surface area contributed by atoms with Crippen LogP contribution < -0.4 is 0 Å². The molecule has 1 nitrogen and oxygen atoms in total. The van der Waals surface area contributed by atoms with Crippen molar-refractivity contribution < 1.29 is 5.11 Å². The van der Waals surface area contributed by atoms with Crippen LogP contribution in [-0.2, 0) is 0 Å². The van der Waals surface area contributed by atoms with E-state index in [2.05, 4.69) is 31.2 Å². The van der Waals surface area contributed by atoms with Crippen LogP contribution >= 0.6 is 0 Å². The average molecular weight is 190 g/mol. The quantitative estimate of drug-likeness (QED) is 0.721. The average Bonchev–Trinajstić information content (AvgIpc) is 2.19. The summed E-state index contributed by atoms with van der Waals surface area (Å²) in [6, 6.07) is 8.74. The molecule has 0 bridgehead atoms. The lowest BCUT2D eigenvalue weighted by Crippen LogP contribution is -2.18. The monoisotopic (exact) mass is 190 g/mol. The first kappa shape index (κ1) is 9.72. The van der Waals surface area contributed by atoms with Crippen molar-refractivity contribution in [3.63, 3.8) is 0 Å². The molecule has 0 unspecified atom stereocenters. The summed E-state index contributed by atoms with van der Waals surface area (Å²) in [4.78, 5) is 0. The number of rotatable bonds is 1. The molecule has 2 atom stereocenters. The Morgan fingerprint density at radius 3 is 2.50 bits per heavy atom. The fourth-order valence-corrected chi connectivity index (χ4v) is 2.31. The summed E-state index contributed by atoms with van der Waals surface area (Å²) < 4.78 is 0. The first-order chi connectivity index (χ1) is 6.75. The van der Waals surface area contributed by atoms with Crippen molar-refractivity contribution in [3.8, 4) is 0 Å². The lowest BCUT2D eigenvalue weighted by molar-refractivity contribution is 0.119. The smallest absolute Gasteiger partial charge is 0.0546 e. The molecule has 0 spiro atoms. The summed E-state index contributed by atoms with van der Waals surface area (Å²) in [7, 11) is 0. The highest BCUT2D eigenvalue weighted by molar-refractivity contribution is 5.24. The van der Waals surface area contributed by atoms with E-state index in [1.807, 2.05) is 0 Å². The van der Waals surface area contributed by atoms with Gasteiger partial charge in [-0.15, -0.1) is 0 Å². The van der Waals surface area contributed by atoms with Crippen LogP contribution in [0.15, 0.2) is 24.3 Å². The van der Waals surface area contributed by atoms with Crippen LogP contribution in [0.3, 0.4) is 0 Å². The highest BCUT2D eigenvalue weighted by Crippen LogP contribution is 2.32. The van der Waals surface area contributed by atoms with Gasteiger partial charge in [0, 0.05) is 0 Å². The lowest BCUT2D eigenvalue weighted by atomic mass is 9.82. The number of aliphatic hydroxyl groups is 1. The zero-order valence-corrected chi connectivity index (χ0v) is 8.74. The maximum absolute atomic E-state index is 9.60. The van der Waals surface area contributed by atoms with E-state index in [4.69, 9.17) is 0 Å². The van der Waals surface area contributed by atoms with Gasteiger partial charge in [-0.25, -0.2) is 0 Å². The third kappa shape index (κ3) is 2.16. The Morgan fingerprint density at radius 2 is 1.86 bits per heavy atom. The molecule has 0 radical (unpaired) electrons. The molecule has 1 aromatic rings. The Bertz CT molecular complexity index is 289. The van der Waals surface area contributed by atoms with Gasteiger partial charge in [-0.2, -0.15) is 0 Å². The molecule has 14 heavy (non-hydrogen) atoms. The van der Waals surface area contributed by atoms with E-state index in [9.17, 15) is 5.11 Å².